The van der Waals surface area contributed by atoms with Gasteiger partial charge in [-0.2, -0.15) is 0 Å². The normalized spacial score (nSPS) is 19.5. The van der Waals surface area contributed by atoms with Gasteiger partial charge < -0.3 is 14.5 Å². The molecule has 1 aromatic carbocycles. The van der Waals surface area contributed by atoms with E-state index in [0.717, 1.165) is 11.4 Å². The van der Waals surface area contributed by atoms with Gasteiger partial charge in [-0.05, 0) is 31.5 Å². The Kier molecular flexibility index (Phi) is 4.77. The molecule has 0 aliphatic carbocycles. The Morgan fingerprint density at radius 3 is 2.52 bits per heavy atom. The summed E-state index contributed by atoms with van der Waals surface area (Å²) in [5, 5.41) is 0. The van der Waals surface area contributed by atoms with E-state index in [0.29, 0.717) is 18.7 Å². The third-order valence-corrected chi connectivity index (χ3v) is 4.59. The van der Waals surface area contributed by atoms with Crippen LogP contribution in [0.25, 0.3) is 0 Å². The Morgan fingerprint density at radius 1 is 1.20 bits per heavy atom. The number of rotatable bonds is 3. The first-order chi connectivity index (χ1) is 11.9. The molecule has 0 radical (unpaired) electrons. The summed E-state index contributed by atoms with van der Waals surface area (Å²) in [6.45, 7) is 5.11. The minimum absolute atomic E-state index is 0.00737. The van der Waals surface area contributed by atoms with Crippen molar-refractivity contribution in [3.8, 4) is 0 Å². The summed E-state index contributed by atoms with van der Waals surface area (Å²) >= 11 is 0. The highest BCUT2D eigenvalue weighted by atomic mass is 16.5. The number of nitrogens with zero attached hydrogens (tertiary/aromatic N) is 3. The lowest BCUT2D eigenvalue weighted by Crippen LogP contribution is -2.56. The molecule has 0 N–H and O–H groups in total. The van der Waals surface area contributed by atoms with E-state index in [9.17, 15) is 4.79 Å². The van der Waals surface area contributed by atoms with Gasteiger partial charge in [-0.3, -0.25) is 4.79 Å². The Bertz CT molecular complexity index is 726. The average Bonchev–Trinajstić information content (AvgIpc) is 2.62. The van der Waals surface area contributed by atoms with Crippen LogP contribution in [0.5, 0.6) is 0 Å². The molecule has 1 unspecified atom stereocenters. The zero-order valence-electron chi connectivity index (χ0n) is 15.3. The summed E-state index contributed by atoms with van der Waals surface area (Å²) in [6.07, 6.45) is 1.55. The fourth-order valence-electron chi connectivity index (χ4n) is 3.01. The predicted molar refractivity (Wildman–Crippen MR) is 98.8 cm³/mol. The molecule has 0 saturated carbocycles. The van der Waals surface area contributed by atoms with Crippen LogP contribution in [0, 0.1) is 0 Å². The van der Waals surface area contributed by atoms with Crippen molar-refractivity contribution in [2.75, 3.05) is 32.1 Å². The largest absolute Gasteiger partial charge is 0.369 e. The van der Waals surface area contributed by atoms with Crippen molar-refractivity contribution in [2.24, 2.45) is 0 Å². The molecule has 0 spiro atoms. The lowest BCUT2D eigenvalue weighted by Gasteiger charge is -2.45. The van der Waals surface area contributed by atoms with E-state index in [1.165, 1.54) is 0 Å². The molecular formula is C20H25N3O2. The van der Waals surface area contributed by atoms with Crippen LogP contribution < -0.4 is 4.90 Å². The smallest absolute Gasteiger partial charge is 0.256 e. The molecule has 132 valence electrons. The molecule has 1 aliphatic heterocycles. The number of carbonyl (C=O) groups excluding carboxylic acids is 1. The second-order valence-electron chi connectivity index (χ2n) is 7.24. The number of benzene rings is 1. The van der Waals surface area contributed by atoms with E-state index in [-0.39, 0.29) is 17.6 Å². The number of anilines is 1. The van der Waals surface area contributed by atoms with E-state index >= 15 is 0 Å². The number of aromatic nitrogens is 1. The minimum atomic E-state index is -0.359. The molecule has 1 aromatic heterocycles. The number of amides is 1. The molecule has 2 heterocycles. The Labute approximate surface area is 149 Å². The summed E-state index contributed by atoms with van der Waals surface area (Å²) in [5.41, 5.74) is 1.34. The Morgan fingerprint density at radius 2 is 1.92 bits per heavy atom. The standard InChI is InChI=1S/C20H25N3O2/c1-20(2)14-25-17(15-8-6-5-7-9-15)13-23(20)19(24)16-10-11-18(21-12-16)22(3)4/h5-12,17H,13-14H2,1-4H3. The van der Waals surface area contributed by atoms with Crippen molar-refractivity contribution >= 4 is 11.7 Å². The number of hydrogen-bond acceptors (Lipinski definition) is 4. The first-order valence-electron chi connectivity index (χ1n) is 8.50. The Hall–Kier alpha value is -2.40. The van der Waals surface area contributed by atoms with Crippen LogP contribution in [-0.2, 0) is 4.74 Å². The molecule has 2 aromatic rings. The van der Waals surface area contributed by atoms with Gasteiger partial charge in [0.25, 0.3) is 5.91 Å². The molecule has 1 saturated heterocycles. The van der Waals surface area contributed by atoms with E-state index in [4.69, 9.17) is 4.74 Å². The number of morpholine rings is 1. The first kappa shape index (κ1) is 17.4. The van der Waals surface area contributed by atoms with Gasteiger partial charge in [-0.15, -0.1) is 0 Å². The van der Waals surface area contributed by atoms with Crippen LogP contribution >= 0.6 is 0 Å². The van der Waals surface area contributed by atoms with Crippen LogP contribution in [0.4, 0.5) is 5.82 Å². The van der Waals surface area contributed by atoms with Crippen LogP contribution in [-0.4, -0.2) is 48.6 Å². The highest BCUT2D eigenvalue weighted by Crippen LogP contribution is 2.31. The zero-order chi connectivity index (χ0) is 18.0. The van der Waals surface area contributed by atoms with Crippen molar-refractivity contribution in [1.29, 1.82) is 0 Å². The van der Waals surface area contributed by atoms with Gasteiger partial charge in [0.15, 0.2) is 0 Å². The van der Waals surface area contributed by atoms with E-state index in [1.54, 1.807) is 6.20 Å². The maximum atomic E-state index is 13.1. The quantitative estimate of drug-likeness (QED) is 0.862. The van der Waals surface area contributed by atoms with Gasteiger partial charge in [0.1, 0.15) is 11.9 Å². The van der Waals surface area contributed by atoms with E-state index in [1.807, 2.05) is 80.2 Å². The van der Waals surface area contributed by atoms with Crippen molar-refractivity contribution in [3.63, 3.8) is 0 Å². The van der Waals surface area contributed by atoms with Gasteiger partial charge in [-0.25, -0.2) is 4.98 Å². The molecule has 5 heteroatoms. The summed E-state index contributed by atoms with van der Waals surface area (Å²) in [5.74, 6) is 0.826. The topological polar surface area (TPSA) is 45.7 Å². The fraction of sp³-hybridized carbons (Fsp3) is 0.400. The van der Waals surface area contributed by atoms with Crippen molar-refractivity contribution in [2.45, 2.75) is 25.5 Å². The summed E-state index contributed by atoms with van der Waals surface area (Å²) in [4.78, 5) is 21.3. The second-order valence-corrected chi connectivity index (χ2v) is 7.24. The molecule has 0 bridgehead atoms. The SMILES string of the molecule is CN(C)c1ccc(C(=O)N2CC(c3ccccc3)OCC2(C)C)cn1. The van der Waals surface area contributed by atoms with Crippen molar-refractivity contribution < 1.29 is 9.53 Å². The maximum absolute atomic E-state index is 13.1. The van der Waals surface area contributed by atoms with Crippen LogP contribution in [0.2, 0.25) is 0 Å². The van der Waals surface area contributed by atoms with E-state index in [2.05, 4.69) is 4.98 Å². The molecule has 1 amide bonds. The summed E-state index contributed by atoms with van der Waals surface area (Å²) in [7, 11) is 3.86. The van der Waals surface area contributed by atoms with Crippen LogP contribution in [0.3, 0.4) is 0 Å². The lowest BCUT2D eigenvalue weighted by atomic mass is 9.97. The number of pyridine rings is 1. The molecule has 1 atom stereocenters. The highest BCUT2D eigenvalue weighted by molar-refractivity contribution is 5.94. The summed E-state index contributed by atoms with van der Waals surface area (Å²) < 4.78 is 6.03. The monoisotopic (exact) mass is 339 g/mol. The third kappa shape index (κ3) is 3.66. The number of ether oxygens (including phenoxy) is 1. The van der Waals surface area contributed by atoms with Crippen molar-refractivity contribution in [3.05, 3.63) is 59.8 Å². The molecule has 25 heavy (non-hydrogen) atoms. The molecular weight excluding hydrogens is 314 g/mol. The van der Waals surface area contributed by atoms with Gasteiger partial charge >= 0.3 is 0 Å². The molecule has 1 fully saturated rings. The minimum Gasteiger partial charge on any atom is -0.369 e. The van der Waals surface area contributed by atoms with Gasteiger partial charge in [0, 0.05) is 20.3 Å². The second kappa shape index (κ2) is 6.84. The Balaban J connectivity index is 1.83. The average molecular weight is 339 g/mol. The van der Waals surface area contributed by atoms with Gasteiger partial charge in [-0.1, -0.05) is 30.3 Å². The van der Waals surface area contributed by atoms with Gasteiger partial charge in [0.2, 0.25) is 0 Å². The third-order valence-electron chi connectivity index (χ3n) is 4.59. The molecule has 3 rings (SSSR count). The van der Waals surface area contributed by atoms with E-state index < -0.39 is 0 Å². The van der Waals surface area contributed by atoms with Crippen LogP contribution in [0.15, 0.2) is 48.7 Å². The highest BCUT2D eigenvalue weighted by Gasteiger charge is 2.39. The van der Waals surface area contributed by atoms with Gasteiger partial charge in [0.05, 0.1) is 24.3 Å². The number of hydrogen-bond donors (Lipinski definition) is 0. The lowest BCUT2D eigenvalue weighted by molar-refractivity contribution is -0.0846. The van der Waals surface area contributed by atoms with Crippen molar-refractivity contribution in [1.82, 2.24) is 9.88 Å². The summed E-state index contributed by atoms with van der Waals surface area (Å²) in [6, 6.07) is 13.8. The zero-order valence-corrected chi connectivity index (χ0v) is 15.3. The molecule has 1 aliphatic rings. The first-order valence-corrected chi connectivity index (χ1v) is 8.50. The maximum Gasteiger partial charge on any atom is 0.256 e. The number of carbonyl (C=O) groups is 1. The fourth-order valence-corrected chi connectivity index (χ4v) is 3.01. The molecule has 5 nitrogen and oxygen atoms in total. The van der Waals surface area contributed by atoms with Crippen LogP contribution in [0.1, 0.15) is 35.9 Å². The predicted octanol–water partition coefficient (Wildman–Crippen LogP) is 3.14.